The van der Waals surface area contributed by atoms with Crippen LogP contribution in [0.1, 0.15) is 48.1 Å². The summed E-state index contributed by atoms with van der Waals surface area (Å²) >= 11 is 0. The van der Waals surface area contributed by atoms with Gasteiger partial charge in [-0.1, -0.05) is 24.3 Å². The number of aryl methyl sites for hydroxylation is 1. The van der Waals surface area contributed by atoms with Gasteiger partial charge in [-0.2, -0.15) is 0 Å². The number of aromatic nitrogens is 3. The van der Waals surface area contributed by atoms with Gasteiger partial charge >= 0.3 is 0 Å². The molecule has 5 rings (SSSR count). The smallest absolute Gasteiger partial charge is 0.274 e. The van der Waals surface area contributed by atoms with Crippen LogP contribution in [0.15, 0.2) is 47.0 Å². The highest BCUT2D eigenvalue weighted by Gasteiger charge is 2.47. The molecule has 0 saturated carbocycles. The van der Waals surface area contributed by atoms with Crippen LogP contribution in [-0.2, 0) is 5.41 Å². The van der Waals surface area contributed by atoms with Gasteiger partial charge < -0.3 is 9.32 Å². The van der Waals surface area contributed by atoms with Crippen LogP contribution in [0.25, 0.3) is 0 Å². The molecule has 3 aromatic rings. The van der Waals surface area contributed by atoms with E-state index in [1.165, 1.54) is 23.4 Å². The molecule has 0 N–H and O–H groups in total. The van der Waals surface area contributed by atoms with Gasteiger partial charge in [0, 0.05) is 37.7 Å². The van der Waals surface area contributed by atoms with Crippen LogP contribution in [0.3, 0.4) is 0 Å². The third-order valence-corrected chi connectivity index (χ3v) is 6.33. The standard InChI is InChI=1S/C21H21N5O3/c1-14-23-24-20(29-14)17-13-21(18-5-3-2-4-16(17)18)7-10-25(11-8-21)19-12-15(26(27)28)6-9-22-19/h2-6,9,12,17H,7-8,10-11,13H2,1H3/t17-/m0/s1. The SMILES string of the molecule is Cc1nnc([C@H]2CC3(CCN(c4cc([N+](=O)[O-])ccn4)CC3)c3ccccc32)o1. The van der Waals surface area contributed by atoms with Gasteiger partial charge in [0.1, 0.15) is 5.82 Å². The van der Waals surface area contributed by atoms with Crippen LogP contribution in [-0.4, -0.2) is 33.2 Å². The molecule has 29 heavy (non-hydrogen) atoms. The van der Waals surface area contributed by atoms with Crippen molar-refractivity contribution in [3.8, 4) is 0 Å². The van der Waals surface area contributed by atoms with E-state index in [1.54, 1.807) is 6.07 Å². The Kier molecular flexibility index (Phi) is 4.08. The van der Waals surface area contributed by atoms with Crippen molar-refractivity contribution >= 4 is 11.5 Å². The summed E-state index contributed by atoms with van der Waals surface area (Å²) in [6, 6.07) is 11.5. The molecule has 1 aliphatic heterocycles. The van der Waals surface area contributed by atoms with E-state index in [0.717, 1.165) is 32.4 Å². The highest BCUT2D eigenvalue weighted by Crippen LogP contribution is 2.53. The molecular weight excluding hydrogens is 370 g/mol. The fourth-order valence-corrected chi connectivity index (χ4v) is 4.90. The Morgan fingerprint density at radius 2 is 2.00 bits per heavy atom. The van der Waals surface area contributed by atoms with Gasteiger partial charge in [0.2, 0.25) is 11.8 Å². The Bertz CT molecular complexity index is 1070. The number of rotatable bonds is 3. The number of fused-ring (bicyclic) bond motifs is 2. The lowest BCUT2D eigenvalue weighted by Crippen LogP contribution is -2.42. The topological polar surface area (TPSA) is 98.2 Å². The van der Waals surface area contributed by atoms with Gasteiger partial charge in [0.05, 0.1) is 16.9 Å². The monoisotopic (exact) mass is 391 g/mol. The number of anilines is 1. The summed E-state index contributed by atoms with van der Waals surface area (Å²) in [7, 11) is 0. The van der Waals surface area contributed by atoms with Crippen LogP contribution in [0, 0.1) is 17.0 Å². The molecule has 1 aliphatic carbocycles. The van der Waals surface area contributed by atoms with Crippen LogP contribution >= 0.6 is 0 Å². The van der Waals surface area contributed by atoms with E-state index in [-0.39, 0.29) is 21.9 Å². The first kappa shape index (κ1) is 17.8. The first-order valence-electron chi connectivity index (χ1n) is 9.81. The fraction of sp³-hybridized carbons (Fsp3) is 0.381. The van der Waals surface area contributed by atoms with Gasteiger partial charge in [-0.05, 0) is 30.4 Å². The van der Waals surface area contributed by atoms with Crippen LogP contribution in [0.2, 0.25) is 0 Å². The van der Waals surface area contributed by atoms with Crippen molar-refractivity contribution in [2.45, 2.75) is 37.5 Å². The van der Waals surface area contributed by atoms with Crippen molar-refractivity contribution in [1.82, 2.24) is 15.2 Å². The van der Waals surface area contributed by atoms with Crippen LogP contribution < -0.4 is 4.90 Å². The zero-order valence-electron chi connectivity index (χ0n) is 16.1. The molecular formula is C21H21N5O3. The highest BCUT2D eigenvalue weighted by molar-refractivity contribution is 5.50. The Hall–Kier alpha value is -3.29. The minimum absolute atomic E-state index is 0.0564. The third kappa shape index (κ3) is 2.95. The summed E-state index contributed by atoms with van der Waals surface area (Å²) in [5, 5.41) is 19.4. The Balaban J connectivity index is 1.42. The second kappa shape index (κ2) is 6.65. The van der Waals surface area contributed by atoms with Crippen LogP contribution in [0.4, 0.5) is 11.5 Å². The molecule has 1 spiro atoms. The molecule has 1 aromatic carbocycles. The fourth-order valence-electron chi connectivity index (χ4n) is 4.90. The largest absolute Gasteiger partial charge is 0.425 e. The molecule has 1 fully saturated rings. The predicted molar refractivity (Wildman–Crippen MR) is 106 cm³/mol. The number of pyridine rings is 1. The van der Waals surface area contributed by atoms with Crippen molar-refractivity contribution in [3.05, 3.63) is 75.6 Å². The molecule has 8 nitrogen and oxygen atoms in total. The number of nitrogens with zero attached hydrogens (tertiary/aromatic N) is 5. The first-order valence-corrected chi connectivity index (χ1v) is 9.81. The van der Waals surface area contributed by atoms with Crippen molar-refractivity contribution in [2.75, 3.05) is 18.0 Å². The van der Waals surface area contributed by atoms with E-state index >= 15 is 0 Å². The molecule has 8 heteroatoms. The summed E-state index contributed by atoms with van der Waals surface area (Å²) in [6.45, 7) is 3.42. The first-order chi connectivity index (χ1) is 14.1. The number of hydrogen-bond acceptors (Lipinski definition) is 7. The molecule has 3 heterocycles. The minimum atomic E-state index is -0.374. The highest BCUT2D eigenvalue weighted by atomic mass is 16.6. The summed E-state index contributed by atoms with van der Waals surface area (Å²) in [4.78, 5) is 17.2. The summed E-state index contributed by atoms with van der Waals surface area (Å²) < 4.78 is 5.78. The minimum Gasteiger partial charge on any atom is -0.425 e. The van der Waals surface area contributed by atoms with E-state index in [2.05, 4.69) is 44.3 Å². The predicted octanol–water partition coefficient (Wildman–Crippen LogP) is 3.76. The molecule has 0 unspecified atom stereocenters. The quantitative estimate of drug-likeness (QED) is 0.495. The number of piperidine rings is 1. The van der Waals surface area contributed by atoms with Crippen molar-refractivity contribution in [2.24, 2.45) is 0 Å². The maximum absolute atomic E-state index is 11.1. The average Bonchev–Trinajstić information content (AvgIpc) is 3.31. The van der Waals surface area contributed by atoms with E-state index in [4.69, 9.17) is 4.42 Å². The maximum atomic E-state index is 11.1. The maximum Gasteiger partial charge on any atom is 0.274 e. The summed E-state index contributed by atoms with van der Waals surface area (Å²) in [6.07, 6.45) is 4.37. The molecule has 1 saturated heterocycles. The molecule has 0 bridgehead atoms. The van der Waals surface area contributed by atoms with E-state index < -0.39 is 0 Å². The van der Waals surface area contributed by atoms with Gasteiger partial charge in [-0.25, -0.2) is 4.98 Å². The Morgan fingerprint density at radius 1 is 1.21 bits per heavy atom. The normalized spacial score (nSPS) is 20.0. The molecule has 2 aromatic heterocycles. The molecule has 1 atom stereocenters. The van der Waals surface area contributed by atoms with Crippen molar-refractivity contribution in [3.63, 3.8) is 0 Å². The molecule has 0 amide bonds. The second-order valence-corrected chi connectivity index (χ2v) is 7.90. The van der Waals surface area contributed by atoms with Gasteiger partial charge in [-0.15, -0.1) is 10.2 Å². The lowest BCUT2D eigenvalue weighted by molar-refractivity contribution is -0.384. The summed E-state index contributed by atoms with van der Waals surface area (Å²) in [5.41, 5.74) is 2.78. The van der Waals surface area contributed by atoms with Gasteiger partial charge in [-0.3, -0.25) is 10.1 Å². The molecule has 0 radical (unpaired) electrons. The third-order valence-electron chi connectivity index (χ3n) is 6.33. The van der Waals surface area contributed by atoms with Crippen molar-refractivity contribution < 1.29 is 9.34 Å². The van der Waals surface area contributed by atoms with E-state index in [9.17, 15) is 10.1 Å². The van der Waals surface area contributed by atoms with Crippen molar-refractivity contribution in [1.29, 1.82) is 0 Å². The number of nitro groups is 1. The zero-order chi connectivity index (χ0) is 20.0. The lowest BCUT2D eigenvalue weighted by Gasteiger charge is -2.40. The molecule has 148 valence electrons. The molecule has 2 aliphatic rings. The Morgan fingerprint density at radius 3 is 2.72 bits per heavy atom. The number of benzene rings is 1. The average molecular weight is 391 g/mol. The zero-order valence-corrected chi connectivity index (χ0v) is 16.1. The van der Waals surface area contributed by atoms with E-state index in [0.29, 0.717) is 17.6 Å². The second-order valence-electron chi connectivity index (χ2n) is 7.90. The summed E-state index contributed by atoms with van der Waals surface area (Å²) in [5.74, 6) is 2.07. The number of hydrogen-bond donors (Lipinski definition) is 0. The van der Waals surface area contributed by atoms with Gasteiger partial charge in [0.25, 0.3) is 5.69 Å². The Labute approximate surface area is 167 Å². The van der Waals surface area contributed by atoms with Gasteiger partial charge in [0.15, 0.2) is 0 Å². The van der Waals surface area contributed by atoms with Crippen LogP contribution in [0.5, 0.6) is 0 Å². The van der Waals surface area contributed by atoms with E-state index in [1.807, 2.05) is 6.92 Å². The lowest BCUT2D eigenvalue weighted by atomic mass is 9.73.